The van der Waals surface area contributed by atoms with Gasteiger partial charge in [0.25, 0.3) is 0 Å². The maximum Gasteiger partial charge on any atom is 0.374 e. The summed E-state index contributed by atoms with van der Waals surface area (Å²) in [4.78, 5) is 10.5. The number of hydrogen-bond acceptors (Lipinski definition) is 4. The number of carboxylic acid groups (broad SMARTS) is 1. The van der Waals surface area contributed by atoms with Gasteiger partial charge in [-0.15, -0.1) is 0 Å². The molecule has 6 nitrogen and oxygen atoms in total. The Morgan fingerprint density at radius 2 is 2.43 bits per heavy atom. The highest BCUT2D eigenvalue weighted by atomic mass is 16.5. The third kappa shape index (κ3) is 1.26. The fourth-order valence-corrected chi connectivity index (χ4v) is 1.10. The Balaban J connectivity index is 2.43. The van der Waals surface area contributed by atoms with E-state index in [2.05, 4.69) is 19.9 Å². The van der Waals surface area contributed by atoms with Gasteiger partial charge in [-0.25, -0.2) is 4.79 Å². The Labute approximate surface area is 78.5 Å². The second kappa shape index (κ2) is 2.99. The van der Waals surface area contributed by atoms with Crippen molar-refractivity contribution in [2.75, 3.05) is 0 Å². The summed E-state index contributed by atoms with van der Waals surface area (Å²) in [5.41, 5.74) is 1.99. The number of carboxylic acids is 1. The van der Waals surface area contributed by atoms with Gasteiger partial charge < -0.3 is 9.63 Å². The maximum absolute atomic E-state index is 10.5. The van der Waals surface area contributed by atoms with Gasteiger partial charge in [0.05, 0.1) is 11.9 Å². The van der Waals surface area contributed by atoms with Crippen molar-refractivity contribution in [3.05, 3.63) is 23.6 Å². The van der Waals surface area contributed by atoms with Crippen LogP contribution in [-0.4, -0.2) is 26.4 Å². The largest absolute Gasteiger partial charge is 0.475 e. The van der Waals surface area contributed by atoms with Crippen molar-refractivity contribution in [1.29, 1.82) is 0 Å². The molecule has 0 saturated heterocycles. The van der Waals surface area contributed by atoms with Crippen molar-refractivity contribution in [2.24, 2.45) is 0 Å². The monoisotopic (exact) mass is 193 g/mol. The molecule has 0 aliphatic carbocycles. The fraction of sp³-hybridized carbons (Fsp3) is 0.125. The maximum atomic E-state index is 10.5. The van der Waals surface area contributed by atoms with Gasteiger partial charge in [0, 0.05) is 6.07 Å². The molecule has 0 fully saturated rings. The molecule has 2 N–H and O–H groups in total. The number of hydrogen-bond donors (Lipinski definition) is 2. The van der Waals surface area contributed by atoms with E-state index in [0.717, 1.165) is 5.56 Å². The highest BCUT2D eigenvalue weighted by Crippen LogP contribution is 2.19. The number of H-pyrrole nitrogens is 1. The summed E-state index contributed by atoms with van der Waals surface area (Å²) in [6.07, 6.45) is 1.63. The van der Waals surface area contributed by atoms with Gasteiger partial charge in [-0.3, -0.25) is 5.10 Å². The summed E-state index contributed by atoms with van der Waals surface area (Å²) in [7, 11) is 0. The SMILES string of the molecule is Cc1cn[nH]c1-c1cc(C(=O)O)on1. The van der Waals surface area contributed by atoms with Crippen molar-refractivity contribution in [3.63, 3.8) is 0 Å². The topological polar surface area (TPSA) is 92.0 Å². The summed E-state index contributed by atoms with van der Waals surface area (Å²) >= 11 is 0. The van der Waals surface area contributed by atoms with Crippen LogP contribution < -0.4 is 0 Å². The molecule has 2 heterocycles. The number of carbonyl (C=O) groups is 1. The summed E-state index contributed by atoms with van der Waals surface area (Å²) in [5, 5.41) is 18.7. The second-order valence-electron chi connectivity index (χ2n) is 2.81. The molecule has 0 radical (unpaired) electrons. The van der Waals surface area contributed by atoms with Gasteiger partial charge in [0.1, 0.15) is 5.69 Å². The van der Waals surface area contributed by atoms with Crippen LogP contribution in [0.1, 0.15) is 16.1 Å². The van der Waals surface area contributed by atoms with Crippen LogP contribution in [0.25, 0.3) is 11.4 Å². The van der Waals surface area contributed by atoms with Gasteiger partial charge in [0.15, 0.2) is 0 Å². The lowest BCUT2D eigenvalue weighted by Crippen LogP contribution is -1.91. The lowest BCUT2D eigenvalue weighted by molar-refractivity contribution is 0.0652. The van der Waals surface area contributed by atoms with Crippen LogP contribution in [0.2, 0.25) is 0 Å². The Bertz CT molecular complexity index is 472. The third-order valence-corrected chi connectivity index (χ3v) is 1.81. The Morgan fingerprint density at radius 3 is 2.93 bits per heavy atom. The van der Waals surface area contributed by atoms with Crippen LogP contribution in [0, 0.1) is 6.92 Å². The molecule has 0 aromatic carbocycles. The van der Waals surface area contributed by atoms with E-state index in [1.165, 1.54) is 6.07 Å². The van der Waals surface area contributed by atoms with Crippen molar-refractivity contribution in [1.82, 2.24) is 15.4 Å². The van der Waals surface area contributed by atoms with Gasteiger partial charge in [-0.1, -0.05) is 5.16 Å². The van der Waals surface area contributed by atoms with E-state index in [0.29, 0.717) is 11.4 Å². The molecule has 6 heteroatoms. The highest BCUT2D eigenvalue weighted by Gasteiger charge is 2.14. The van der Waals surface area contributed by atoms with Crippen LogP contribution >= 0.6 is 0 Å². The van der Waals surface area contributed by atoms with E-state index in [4.69, 9.17) is 5.11 Å². The molecule has 0 amide bonds. The average molecular weight is 193 g/mol. The fourth-order valence-electron chi connectivity index (χ4n) is 1.10. The van der Waals surface area contributed by atoms with E-state index in [-0.39, 0.29) is 5.76 Å². The minimum Gasteiger partial charge on any atom is -0.475 e. The number of nitrogens with zero attached hydrogens (tertiary/aromatic N) is 2. The second-order valence-corrected chi connectivity index (χ2v) is 2.81. The smallest absolute Gasteiger partial charge is 0.374 e. The van der Waals surface area contributed by atoms with Crippen LogP contribution in [-0.2, 0) is 0 Å². The van der Waals surface area contributed by atoms with E-state index < -0.39 is 5.97 Å². The Hall–Kier alpha value is -2.11. The van der Waals surface area contributed by atoms with Crippen LogP contribution in [0.5, 0.6) is 0 Å². The minimum absolute atomic E-state index is 0.186. The minimum atomic E-state index is -1.14. The highest BCUT2D eigenvalue weighted by molar-refractivity contribution is 5.85. The Kier molecular flexibility index (Phi) is 1.81. The molecular formula is C8H7N3O3. The first-order valence-electron chi connectivity index (χ1n) is 3.89. The van der Waals surface area contributed by atoms with Gasteiger partial charge >= 0.3 is 5.97 Å². The standard InChI is InChI=1S/C8H7N3O3/c1-4-3-9-10-7(4)5-2-6(8(12)13)14-11-5/h2-3H,1H3,(H,9,10)(H,12,13). The van der Waals surface area contributed by atoms with Gasteiger partial charge in [-0.05, 0) is 12.5 Å². The Morgan fingerprint density at radius 1 is 1.64 bits per heavy atom. The normalized spacial score (nSPS) is 10.4. The van der Waals surface area contributed by atoms with E-state index >= 15 is 0 Å². The molecule has 0 aliphatic rings. The molecule has 72 valence electrons. The first-order chi connectivity index (χ1) is 6.68. The number of rotatable bonds is 2. The molecule has 0 aliphatic heterocycles. The van der Waals surface area contributed by atoms with Crippen molar-refractivity contribution < 1.29 is 14.4 Å². The zero-order valence-corrected chi connectivity index (χ0v) is 7.31. The summed E-state index contributed by atoms with van der Waals surface area (Å²) in [6, 6.07) is 1.35. The quantitative estimate of drug-likeness (QED) is 0.744. The first-order valence-corrected chi connectivity index (χ1v) is 3.89. The van der Waals surface area contributed by atoms with E-state index in [9.17, 15) is 4.79 Å². The lowest BCUT2D eigenvalue weighted by atomic mass is 10.2. The molecule has 2 rings (SSSR count). The molecule has 2 aromatic rings. The number of aromatic nitrogens is 3. The molecule has 14 heavy (non-hydrogen) atoms. The summed E-state index contributed by atoms with van der Waals surface area (Å²) in [6.45, 7) is 1.84. The molecule has 0 spiro atoms. The van der Waals surface area contributed by atoms with Crippen LogP contribution in [0.3, 0.4) is 0 Å². The number of nitrogens with one attached hydrogen (secondary N) is 1. The molecular weight excluding hydrogens is 186 g/mol. The van der Waals surface area contributed by atoms with Crippen molar-refractivity contribution in [3.8, 4) is 11.4 Å². The van der Waals surface area contributed by atoms with E-state index in [1.54, 1.807) is 6.20 Å². The van der Waals surface area contributed by atoms with Crippen LogP contribution in [0.15, 0.2) is 16.8 Å². The molecule has 2 aromatic heterocycles. The van der Waals surface area contributed by atoms with Crippen molar-refractivity contribution >= 4 is 5.97 Å². The first kappa shape index (κ1) is 8.49. The molecule has 0 unspecified atom stereocenters. The van der Waals surface area contributed by atoms with Crippen molar-refractivity contribution in [2.45, 2.75) is 6.92 Å². The number of aromatic carboxylic acids is 1. The molecule has 0 bridgehead atoms. The lowest BCUT2D eigenvalue weighted by Gasteiger charge is -1.88. The van der Waals surface area contributed by atoms with E-state index in [1.807, 2.05) is 6.92 Å². The third-order valence-electron chi connectivity index (χ3n) is 1.81. The van der Waals surface area contributed by atoms with Gasteiger partial charge in [0.2, 0.25) is 5.76 Å². The average Bonchev–Trinajstić information content (AvgIpc) is 2.71. The van der Waals surface area contributed by atoms with Gasteiger partial charge in [-0.2, -0.15) is 5.10 Å². The number of aryl methyl sites for hydroxylation is 1. The summed E-state index contributed by atoms with van der Waals surface area (Å²) < 4.78 is 4.61. The molecule has 0 saturated carbocycles. The summed E-state index contributed by atoms with van der Waals surface area (Å²) in [5.74, 6) is -1.32. The predicted octanol–water partition coefficient (Wildman–Crippen LogP) is 1.07. The predicted molar refractivity (Wildman–Crippen MR) is 45.8 cm³/mol. The zero-order chi connectivity index (χ0) is 10.1. The van der Waals surface area contributed by atoms with Crippen LogP contribution in [0.4, 0.5) is 0 Å². The zero-order valence-electron chi connectivity index (χ0n) is 7.31. The number of aromatic amines is 1. The molecule has 0 atom stereocenters.